The van der Waals surface area contributed by atoms with Gasteiger partial charge in [0.25, 0.3) is 5.56 Å². The van der Waals surface area contributed by atoms with E-state index in [1.54, 1.807) is 12.3 Å². The summed E-state index contributed by atoms with van der Waals surface area (Å²) in [6.07, 6.45) is 1.68. The summed E-state index contributed by atoms with van der Waals surface area (Å²) < 4.78 is 0. The van der Waals surface area contributed by atoms with Crippen LogP contribution in [0, 0.1) is 0 Å². The van der Waals surface area contributed by atoms with Gasteiger partial charge >= 0.3 is 0 Å². The van der Waals surface area contributed by atoms with Crippen LogP contribution in [0.15, 0.2) is 47.4 Å². The predicted molar refractivity (Wildman–Crippen MR) is 72.6 cm³/mol. The van der Waals surface area contributed by atoms with Crippen LogP contribution in [-0.4, -0.2) is 16.2 Å². The van der Waals surface area contributed by atoms with Crippen LogP contribution >= 0.6 is 0 Å². The molecule has 0 radical (unpaired) electrons. The van der Waals surface area contributed by atoms with Crippen LogP contribution in [0.1, 0.15) is 19.4 Å². The van der Waals surface area contributed by atoms with Crippen molar-refractivity contribution in [2.24, 2.45) is 0 Å². The molecule has 0 fully saturated rings. The van der Waals surface area contributed by atoms with Crippen molar-refractivity contribution in [3.05, 3.63) is 58.5 Å². The lowest BCUT2D eigenvalue weighted by molar-refractivity contribution is 0.678. The van der Waals surface area contributed by atoms with Gasteiger partial charge in [-0.05, 0) is 19.4 Å². The van der Waals surface area contributed by atoms with Crippen molar-refractivity contribution in [2.45, 2.75) is 26.4 Å². The standard InChI is InChI=1S/C14H17N3O/c1-11(2)17(10-12-6-4-3-5-7-12)13-8-14(18)16-15-9-13/h3-9,11H,10H2,1-2H3,(H,16,18). The number of aromatic nitrogens is 2. The van der Waals surface area contributed by atoms with E-state index in [-0.39, 0.29) is 5.56 Å². The first-order valence-corrected chi connectivity index (χ1v) is 6.02. The molecule has 0 saturated carbocycles. The zero-order valence-electron chi connectivity index (χ0n) is 10.6. The Morgan fingerprint density at radius 3 is 2.61 bits per heavy atom. The number of rotatable bonds is 4. The molecule has 94 valence electrons. The van der Waals surface area contributed by atoms with E-state index < -0.39 is 0 Å². The van der Waals surface area contributed by atoms with Crippen molar-refractivity contribution in [1.29, 1.82) is 0 Å². The third-order valence-corrected chi connectivity index (χ3v) is 2.80. The van der Waals surface area contributed by atoms with Crippen molar-refractivity contribution < 1.29 is 0 Å². The first-order valence-electron chi connectivity index (χ1n) is 6.02. The lowest BCUT2D eigenvalue weighted by atomic mass is 10.2. The molecule has 2 rings (SSSR count). The average Bonchev–Trinajstić information content (AvgIpc) is 2.37. The monoisotopic (exact) mass is 243 g/mol. The molecule has 0 spiro atoms. The summed E-state index contributed by atoms with van der Waals surface area (Å²) in [7, 11) is 0. The van der Waals surface area contributed by atoms with E-state index in [9.17, 15) is 4.79 Å². The van der Waals surface area contributed by atoms with Gasteiger partial charge in [0.15, 0.2) is 0 Å². The molecule has 0 saturated heterocycles. The summed E-state index contributed by atoms with van der Waals surface area (Å²) in [5, 5.41) is 6.25. The summed E-state index contributed by atoms with van der Waals surface area (Å²) >= 11 is 0. The number of hydrogen-bond donors (Lipinski definition) is 1. The average molecular weight is 243 g/mol. The third-order valence-electron chi connectivity index (χ3n) is 2.80. The topological polar surface area (TPSA) is 49.0 Å². The first-order chi connectivity index (χ1) is 8.66. The zero-order chi connectivity index (χ0) is 13.0. The van der Waals surface area contributed by atoms with Crippen molar-refractivity contribution in [3.8, 4) is 0 Å². The summed E-state index contributed by atoms with van der Waals surface area (Å²) in [5.41, 5.74) is 1.88. The molecule has 4 heteroatoms. The number of hydrogen-bond acceptors (Lipinski definition) is 3. The van der Waals surface area contributed by atoms with E-state index in [0.29, 0.717) is 6.04 Å². The Balaban J connectivity index is 2.27. The summed E-state index contributed by atoms with van der Waals surface area (Å²) in [6.45, 7) is 4.97. The van der Waals surface area contributed by atoms with Crippen LogP contribution in [0.2, 0.25) is 0 Å². The van der Waals surface area contributed by atoms with Crippen molar-refractivity contribution >= 4 is 5.69 Å². The van der Waals surface area contributed by atoms with Gasteiger partial charge in [-0.1, -0.05) is 30.3 Å². The van der Waals surface area contributed by atoms with E-state index >= 15 is 0 Å². The first kappa shape index (κ1) is 12.4. The van der Waals surface area contributed by atoms with Gasteiger partial charge in [-0.15, -0.1) is 0 Å². The number of aromatic amines is 1. The van der Waals surface area contributed by atoms with Crippen molar-refractivity contribution in [1.82, 2.24) is 10.2 Å². The van der Waals surface area contributed by atoms with Crippen LogP contribution in [0.25, 0.3) is 0 Å². The molecular formula is C14H17N3O. The SMILES string of the molecule is CC(C)N(Cc1ccccc1)c1cn[nH]c(=O)c1. The second kappa shape index (κ2) is 5.49. The fourth-order valence-electron chi connectivity index (χ4n) is 1.88. The molecule has 1 heterocycles. The molecule has 4 nitrogen and oxygen atoms in total. The van der Waals surface area contributed by atoms with E-state index in [1.165, 1.54) is 5.56 Å². The summed E-state index contributed by atoms with van der Waals surface area (Å²) in [4.78, 5) is 13.5. The Kier molecular flexibility index (Phi) is 3.77. The Morgan fingerprint density at radius 2 is 2.00 bits per heavy atom. The highest BCUT2D eigenvalue weighted by molar-refractivity contribution is 5.44. The van der Waals surface area contributed by atoms with E-state index in [4.69, 9.17) is 0 Å². The maximum atomic E-state index is 11.3. The van der Waals surface area contributed by atoms with Gasteiger partial charge in [0.2, 0.25) is 0 Å². The van der Waals surface area contributed by atoms with Crippen LogP contribution in [0.3, 0.4) is 0 Å². The minimum Gasteiger partial charge on any atom is -0.363 e. The Morgan fingerprint density at radius 1 is 1.28 bits per heavy atom. The molecular weight excluding hydrogens is 226 g/mol. The molecule has 2 aromatic rings. The van der Waals surface area contributed by atoms with Gasteiger partial charge in [0.1, 0.15) is 0 Å². The molecule has 1 aromatic heterocycles. The molecule has 0 aliphatic carbocycles. The zero-order valence-corrected chi connectivity index (χ0v) is 10.6. The smallest absolute Gasteiger partial charge is 0.266 e. The molecule has 0 aliphatic rings. The number of benzene rings is 1. The minimum absolute atomic E-state index is 0.175. The van der Waals surface area contributed by atoms with E-state index in [2.05, 4.69) is 41.1 Å². The highest BCUT2D eigenvalue weighted by Gasteiger charge is 2.11. The van der Waals surface area contributed by atoms with Gasteiger partial charge in [-0.2, -0.15) is 5.10 Å². The van der Waals surface area contributed by atoms with Gasteiger partial charge in [-0.3, -0.25) is 4.79 Å². The largest absolute Gasteiger partial charge is 0.363 e. The summed E-state index contributed by atoms with van der Waals surface area (Å²) in [6, 6.07) is 12.1. The molecule has 0 bridgehead atoms. The van der Waals surface area contributed by atoms with Gasteiger partial charge < -0.3 is 4.90 Å². The maximum Gasteiger partial charge on any atom is 0.266 e. The molecule has 1 N–H and O–H groups in total. The van der Waals surface area contributed by atoms with E-state index in [1.807, 2.05) is 18.2 Å². The minimum atomic E-state index is -0.175. The Bertz CT molecular complexity index is 548. The highest BCUT2D eigenvalue weighted by Crippen LogP contribution is 2.17. The quantitative estimate of drug-likeness (QED) is 0.895. The third kappa shape index (κ3) is 2.97. The fraction of sp³-hybridized carbons (Fsp3) is 0.286. The van der Waals surface area contributed by atoms with E-state index in [0.717, 1.165) is 12.2 Å². The van der Waals surface area contributed by atoms with Crippen LogP contribution in [-0.2, 0) is 6.54 Å². The molecule has 0 aliphatic heterocycles. The molecule has 0 amide bonds. The predicted octanol–water partition coefficient (Wildman–Crippen LogP) is 2.18. The second-order valence-electron chi connectivity index (χ2n) is 4.51. The Labute approximate surface area is 106 Å². The molecule has 18 heavy (non-hydrogen) atoms. The normalized spacial score (nSPS) is 10.6. The summed E-state index contributed by atoms with van der Waals surface area (Å²) in [5.74, 6) is 0. The lowest BCUT2D eigenvalue weighted by Gasteiger charge is -2.28. The number of anilines is 1. The molecule has 1 aromatic carbocycles. The number of nitrogens with zero attached hydrogens (tertiary/aromatic N) is 2. The van der Waals surface area contributed by atoms with Crippen LogP contribution in [0.4, 0.5) is 5.69 Å². The highest BCUT2D eigenvalue weighted by atomic mass is 16.1. The van der Waals surface area contributed by atoms with Gasteiger partial charge in [0.05, 0.1) is 11.9 Å². The second-order valence-corrected chi connectivity index (χ2v) is 4.51. The molecule has 0 atom stereocenters. The van der Waals surface area contributed by atoms with Gasteiger partial charge in [-0.25, -0.2) is 5.10 Å². The van der Waals surface area contributed by atoms with Crippen molar-refractivity contribution in [3.63, 3.8) is 0 Å². The van der Waals surface area contributed by atoms with Crippen LogP contribution in [0.5, 0.6) is 0 Å². The van der Waals surface area contributed by atoms with Crippen LogP contribution < -0.4 is 10.5 Å². The van der Waals surface area contributed by atoms with Gasteiger partial charge in [0, 0.05) is 18.7 Å². The number of H-pyrrole nitrogens is 1. The fourth-order valence-corrected chi connectivity index (χ4v) is 1.88. The Hall–Kier alpha value is -2.10. The maximum absolute atomic E-state index is 11.3. The van der Waals surface area contributed by atoms with Crippen molar-refractivity contribution in [2.75, 3.05) is 4.90 Å². The number of nitrogens with one attached hydrogen (secondary N) is 1. The lowest BCUT2D eigenvalue weighted by Crippen LogP contribution is -2.31. The molecule has 0 unspecified atom stereocenters.